The van der Waals surface area contributed by atoms with E-state index in [1.54, 1.807) is 0 Å². The third-order valence-electron chi connectivity index (χ3n) is 6.76. The van der Waals surface area contributed by atoms with Crippen LogP contribution in [0.5, 0.6) is 0 Å². The van der Waals surface area contributed by atoms with Crippen LogP contribution in [0.15, 0.2) is 35.7 Å². The van der Waals surface area contributed by atoms with Gasteiger partial charge in [-0.15, -0.1) is 11.3 Å². The molecule has 1 unspecified atom stereocenters. The fourth-order valence-corrected chi connectivity index (χ4v) is 6.08. The second-order valence-corrected chi connectivity index (χ2v) is 11.5. The van der Waals surface area contributed by atoms with Gasteiger partial charge in [0.1, 0.15) is 0 Å². The molecule has 0 saturated carbocycles. The summed E-state index contributed by atoms with van der Waals surface area (Å²) in [5.74, 6) is 0.0764. The predicted octanol–water partition coefficient (Wildman–Crippen LogP) is 4.36. The van der Waals surface area contributed by atoms with Crippen molar-refractivity contribution >= 4 is 28.5 Å². The van der Waals surface area contributed by atoms with Gasteiger partial charge in [-0.05, 0) is 52.7 Å². The standard InChI is InChI=1S/C26H36N4O4S/c1-19-16-29(22(31)20-8-6-5-7-9-20)18-26(34-19)11-14-28(15-12-26)13-10-21-17-35-23(27-21)30(24(32)33)25(2,3)4/h5-9,17,19H,10-16,18H2,1-4H3,(H,32,33). The van der Waals surface area contributed by atoms with Crippen molar-refractivity contribution in [3.63, 3.8) is 0 Å². The summed E-state index contributed by atoms with van der Waals surface area (Å²) in [7, 11) is 0. The third kappa shape index (κ3) is 6.02. The van der Waals surface area contributed by atoms with E-state index in [4.69, 9.17) is 4.74 Å². The van der Waals surface area contributed by atoms with Crippen molar-refractivity contribution in [3.8, 4) is 0 Å². The Balaban J connectivity index is 1.32. The summed E-state index contributed by atoms with van der Waals surface area (Å²) in [5, 5.41) is 12.1. The fourth-order valence-electron chi connectivity index (χ4n) is 5.04. The largest absolute Gasteiger partial charge is 0.465 e. The molecule has 2 fully saturated rings. The van der Waals surface area contributed by atoms with Gasteiger partial charge in [-0.3, -0.25) is 4.79 Å². The van der Waals surface area contributed by atoms with Gasteiger partial charge in [0.2, 0.25) is 0 Å². The number of benzene rings is 1. The number of carbonyl (C=O) groups excluding carboxylic acids is 1. The predicted molar refractivity (Wildman–Crippen MR) is 137 cm³/mol. The number of rotatable bonds is 5. The SMILES string of the molecule is CC1CN(C(=O)c2ccccc2)CC2(CCN(CCc3csc(N(C(=O)O)C(C)(C)C)n3)CC2)O1. The Morgan fingerprint density at radius 2 is 1.91 bits per heavy atom. The Labute approximate surface area is 211 Å². The number of carbonyl (C=O) groups is 2. The number of aromatic nitrogens is 1. The maximum absolute atomic E-state index is 13.1. The maximum Gasteiger partial charge on any atom is 0.414 e. The van der Waals surface area contributed by atoms with Crippen molar-refractivity contribution in [2.45, 2.75) is 64.2 Å². The quantitative estimate of drug-likeness (QED) is 0.656. The zero-order valence-electron chi connectivity index (χ0n) is 21.1. The number of amides is 2. The van der Waals surface area contributed by atoms with E-state index in [1.165, 1.54) is 16.2 Å². The average Bonchev–Trinajstić information content (AvgIpc) is 3.25. The second kappa shape index (κ2) is 10.2. The molecule has 0 bridgehead atoms. The van der Waals surface area contributed by atoms with E-state index < -0.39 is 11.6 Å². The van der Waals surface area contributed by atoms with Crippen LogP contribution in [-0.4, -0.2) is 81.9 Å². The van der Waals surface area contributed by atoms with E-state index in [0.29, 0.717) is 18.2 Å². The Kier molecular flexibility index (Phi) is 7.49. The Morgan fingerprint density at radius 1 is 1.23 bits per heavy atom. The van der Waals surface area contributed by atoms with Gasteiger partial charge in [0, 0.05) is 49.1 Å². The molecular formula is C26H36N4O4S. The van der Waals surface area contributed by atoms with E-state index in [2.05, 4.69) is 16.8 Å². The lowest BCUT2D eigenvalue weighted by molar-refractivity contribution is -0.161. The average molecular weight is 501 g/mol. The number of carboxylic acid groups (broad SMARTS) is 1. The summed E-state index contributed by atoms with van der Waals surface area (Å²) in [6.45, 7) is 11.6. The first-order valence-electron chi connectivity index (χ1n) is 12.3. The number of hydrogen-bond acceptors (Lipinski definition) is 6. The topological polar surface area (TPSA) is 86.2 Å². The first kappa shape index (κ1) is 25.6. The summed E-state index contributed by atoms with van der Waals surface area (Å²) >= 11 is 1.38. The molecule has 2 saturated heterocycles. The van der Waals surface area contributed by atoms with Crippen LogP contribution in [0, 0.1) is 0 Å². The molecule has 1 atom stereocenters. The molecule has 2 amide bonds. The molecule has 1 N–H and O–H groups in total. The molecule has 8 nitrogen and oxygen atoms in total. The van der Waals surface area contributed by atoms with Crippen LogP contribution in [0.3, 0.4) is 0 Å². The van der Waals surface area contributed by atoms with Gasteiger partial charge in [-0.25, -0.2) is 14.7 Å². The molecule has 4 rings (SSSR count). The number of morpholine rings is 1. The van der Waals surface area contributed by atoms with Gasteiger partial charge in [-0.1, -0.05) is 18.2 Å². The minimum absolute atomic E-state index is 0.0105. The van der Waals surface area contributed by atoms with Gasteiger partial charge in [0.05, 0.1) is 23.9 Å². The number of hydrogen-bond donors (Lipinski definition) is 1. The van der Waals surface area contributed by atoms with E-state index in [0.717, 1.165) is 50.2 Å². The molecule has 1 spiro atoms. The van der Waals surface area contributed by atoms with E-state index in [9.17, 15) is 14.7 Å². The molecule has 190 valence electrons. The lowest BCUT2D eigenvalue weighted by atomic mass is 9.88. The number of anilines is 1. The maximum atomic E-state index is 13.1. The van der Waals surface area contributed by atoms with E-state index in [-0.39, 0.29) is 17.6 Å². The van der Waals surface area contributed by atoms with Crippen molar-refractivity contribution in [3.05, 3.63) is 47.0 Å². The van der Waals surface area contributed by atoms with Crippen LogP contribution in [0.2, 0.25) is 0 Å². The minimum Gasteiger partial charge on any atom is -0.465 e. The molecule has 2 aliphatic heterocycles. The van der Waals surface area contributed by atoms with Gasteiger partial charge in [-0.2, -0.15) is 0 Å². The minimum atomic E-state index is -0.985. The van der Waals surface area contributed by atoms with Crippen LogP contribution < -0.4 is 4.90 Å². The van der Waals surface area contributed by atoms with Crippen molar-refractivity contribution in [1.82, 2.24) is 14.8 Å². The molecule has 1 aromatic carbocycles. The molecule has 35 heavy (non-hydrogen) atoms. The Morgan fingerprint density at radius 3 is 2.54 bits per heavy atom. The van der Waals surface area contributed by atoms with Crippen LogP contribution in [-0.2, 0) is 11.2 Å². The van der Waals surface area contributed by atoms with Crippen molar-refractivity contribution in [2.24, 2.45) is 0 Å². The fraction of sp³-hybridized carbons (Fsp3) is 0.577. The summed E-state index contributed by atoms with van der Waals surface area (Å²) in [5.41, 5.74) is 0.809. The molecule has 2 aromatic rings. The first-order chi connectivity index (χ1) is 16.6. The highest BCUT2D eigenvalue weighted by Crippen LogP contribution is 2.33. The molecule has 9 heteroatoms. The van der Waals surface area contributed by atoms with E-state index >= 15 is 0 Å². The van der Waals surface area contributed by atoms with Crippen molar-refractivity contribution in [2.75, 3.05) is 37.6 Å². The second-order valence-electron chi connectivity index (χ2n) is 10.7. The highest BCUT2D eigenvalue weighted by Gasteiger charge is 2.43. The molecule has 2 aliphatic rings. The lowest BCUT2D eigenvalue weighted by Gasteiger charge is -2.49. The number of ether oxygens (including phenoxy) is 1. The normalized spacial score (nSPS) is 20.7. The monoisotopic (exact) mass is 500 g/mol. The van der Waals surface area contributed by atoms with Gasteiger partial charge < -0.3 is 19.6 Å². The van der Waals surface area contributed by atoms with Gasteiger partial charge >= 0.3 is 6.09 Å². The molecule has 3 heterocycles. The zero-order chi connectivity index (χ0) is 25.2. The lowest BCUT2D eigenvalue weighted by Crippen LogP contribution is -2.60. The molecular weight excluding hydrogens is 464 g/mol. The summed E-state index contributed by atoms with van der Waals surface area (Å²) < 4.78 is 6.43. The van der Waals surface area contributed by atoms with Crippen LogP contribution in [0.4, 0.5) is 9.93 Å². The summed E-state index contributed by atoms with van der Waals surface area (Å²) in [6.07, 6.45) is 1.57. The number of nitrogens with zero attached hydrogens (tertiary/aromatic N) is 4. The highest BCUT2D eigenvalue weighted by molar-refractivity contribution is 7.14. The smallest absolute Gasteiger partial charge is 0.414 e. The van der Waals surface area contributed by atoms with Gasteiger partial charge in [0.15, 0.2) is 5.13 Å². The Bertz CT molecular complexity index is 1030. The van der Waals surface area contributed by atoms with Crippen molar-refractivity contribution in [1.29, 1.82) is 0 Å². The van der Waals surface area contributed by atoms with E-state index in [1.807, 2.05) is 61.4 Å². The zero-order valence-corrected chi connectivity index (χ0v) is 21.9. The summed E-state index contributed by atoms with van der Waals surface area (Å²) in [6, 6.07) is 9.48. The van der Waals surface area contributed by atoms with Crippen LogP contribution in [0.1, 0.15) is 56.6 Å². The summed E-state index contributed by atoms with van der Waals surface area (Å²) in [4.78, 5) is 35.1. The molecule has 1 aromatic heterocycles. The number of piperidine rings is 1. The number of thiazole rings is 1. The molecule has 0 aliphatic carbocycles. The van der Waals surface area contributed by atoms with Crippen molar-refractivity contribution < 1.29 is 19.4 Å². The molecule has 0 radical (unpaired) electrons. The van der Waals surface area contributed by atoms with Crippen LogP contribution in [0.25, 0.3) is 0 Å². The van der Waals surface area contributed by atoms with Crippen LogP contribution >= 0.6 is 11.3 Å². The third-order valence-corrected chi connectivity index (χ3v) is 7.63. The number of likely N-dealkylation sites (tertiary alicyclic amines) is 1. The Hall–Kier alpha value is -2.49. The highest BCUT2D eigenvalue weighted by atomic mass is 32.1. The van der Waals surface area contributed by atoms with Gasteiger partial charge in [0.25, 0.3) is 5.91 Å². The first-order valence-corrected chi connectivity index (χ1v) is 13.2.